The minimum atomic E-state index is -0.753. The molecule has 0 amide bonds. The summed E-state index contributed by atoms with van der Waals surface area (Å²) in [7, 11) is 1.57. The van der Waals surface area contributed by atoms with Crippen molar-refractivity contribution in [3.63, 3.8) is 0 Å². The van der Waals surface area contributed by atoms with Gasteiger partial charge < -0.3 is 14.2 Å². The van der Waals surface area contributed by atoms with Crippen molar-refractivity contribution in [1.29, 1.82) is 0 Å². The van der Waals surface area contributed by atoms with Crippen LogP contribution in [0.5, 0.6) is 11.5 Å². The summed E-state index contributed by atoms with van der Waals surface area (Å²) in [4.78, 5) is 42.9. The van der Waals surface area contributed by atoms with Crippen LogP contribution in [-0.4, -0.2) is 30.2 Å². The Balaban J connectivity index is 1.92. The molecular weight excluding hydrogens is 468 g/mol. The van der Waals surface area contributed by atoms with Crippen molar-refractivity contribution in [3.8, 4) is 11.5 Å². The number of nitrogens with zero attached hydrogens (tertiary/aromatic N) is 2. The van der Waals surface area contributed by atoms with Crippen LogP contribution in [0.4, 0.5) is 0 Å². The fourth-order valence-electron chi connectivity index (χ4n) is 3.92. The number of carbonyl (C=O) groups excluding carboxylic acids is 2. The van der Waals surface area contributed by atoms with E-state index in [0.717, 1.165) is 5.56 Å². The van der Waals surface area contributed by atoms with Gasteiger partial charge in [-0.15, -0.1) is 0 Å². The highest BCUT2D eigenvalue weighted by molar-refractivity contribution is 7.07. The first-order valence-corrected chi connectivity index (χ1v) is 11.8. The Hall–Kier alpha value is -3.98. The van der Waals surface area contributed by atoms with Crippen LogP contribution in [0.25, 0.3) is 6.08 Å². The number of hydrogen-bond donors (Lipinski definition) is 0. The molecule has 0 N–H and O–H groups in total. The molecule has 8 nitrogen and oxygen atoms in total. The number of methoxy groups -OCH3 is 1. The monoisotopic (exact) mass is 492 g/mol. The van der Waals surface area contributed by atoms with Gasteiger partial charge in [0.2, 0.25) is 0 Å². The summed E-state index contributed by atoms with van der Waals surface area (Å²) in [5.74, 6) is 0.0226. The van der Waals surface area contributed by atoms with E-state index in [2.05, 4.69) is 4.99 Å². The molecule has 1 aliphatic rings. The van der Waals surface area contributed by atoms with E-state index >= 15 is 0 Å². The van der Waals surface area contributed by atoms with E-state index in [1.165, 1.54) is 22.8 Å². The van der Waals surface area contributed by atoms with Gasteiger partial charge in [-0.2, -0.15) is 0 Å². The molecule has 35 heavy (non-hydrogen) atoms. The van der Waals surface area contributed by atoms with Crippen molar-refractivity contribution < 1.29 is 23.8 Å². The van der Waals surface area contributed by atoms with Crippen molar-refractivity contribution in [3.05, 3.63) is 90.6 Å². The number of carbonyl (C=O) groups is 2. The number of fused-ring (bicyclic) bond motifs is 1. The molecule has 0 spiro atoms. The zero-order valence-electron chi connectivity index (χ0n) is 19.7. The minimum absolute atomic E-state index is 0.186. The number of aromatic nitrogens is 1. The maximum atomic E-state index is 13.6. The van der Waals surface area contributed by atoms with E-state index in [4.69, 9.17) is 14.2 Å². The topological polar surface area (TPSA) is 96.2 Å². The smallest absolute Gasteiger partial charge is 0.338 e. The molecule has 3 aromatic rings. The molecule has 0 unspecified atom stereocenters. The van der Waals surface area contributed by atoms with Gasteiger partial charge in [0, 0.05) is 12.5 Å². The third kappa shape index (κ3) is 4.81. The van der Waals surface area contributed by atoms with Gasteiger partial charge in [0.15, 0.2) is 4.80 Å². The van der Waals surface area contributed by atoms with Gasteiger partial charge in [0.1, 0.15) is 11.5 Å². The lowest BCUT2D eigenvalue weighted by Gasteiger charge is -2.24. The highest BCUT2D eigenvalue weighted by Crippen LogP contribution is 2.31. The summed E-state index contributed by atoms with van der Waals surface area (Å²) in [6.07, 6.45) is 1.76. The van der Waals surface area contributed by atoms with Gasteiger partial charge >= 0.3 is 11.9 Å². The molecule has 0 saturated carbocycles. The molecule has 2 aromatic carbocycles. The second-order valence-electron chi connectivity index (χ2n) is 7.71. The van der Waals surface area contributed by atoms with E-state index in [0.29, 0.717) is 32.1 Å². The van der Waals surface area contributed by atoms with Crippen LogP contribution in [0.2, 0.25) is 0 Å². The molecule has 1 aromatic heterocycles. The Morgan fingerprint density at radius 2 is 1.86 bits per heavy atom. The quantitative estimate of drug-likeness (QED) is 0.388. The van der Waals surface area contributed by atoms with Crippen molar-refractivity contribution in [1.82, 2.24) is 4.57 Å². The number of benzene rings is 2. The summed E-state index contributed by atoms with van der Waals surface area (Å²) in [5, 5.41) is 0. The van der Waals surface area contributed by atoms with Crippen molar-refractivity contribution in [2.75, 3.05) is 13.7 Å². The van der Waals surface area contributed by atoms with Gasteiger partial charge in [0.05, 0.1) is 35.6 Å². The number of allylic oxidation sites excluding steroid dienone is 1. The lowest BCUT2D eigenvalue weighted by molar-refractivity contribution is -0.139. The fourth-order valence-corrected chi connectivity index (χ4v) is 4.96. The Morgan fingerprint density at radius 1 is 1.14 bits per heavy atom. The lowest BCUT2D eigenvalue weighted by atomic mass is 9.96. The van der Waals surface area contributed by atoms with E-state index in [1.807, 2.05) is 24.3 Å². The molecule has 180 valence electrons. The van der Waals surface area contributed by atoms with Crippen molar-refractivity contribution in [2.24, 2.45) is 4.99 Å². The fraction of sp³-hybridized carbons (Fsp3) is 0.231. The van der Waals surface area contributed by atoms with Crippen LogP contribution in [0.3, 0.4) is 0 Å². The molecule has 0 aliphatic carbocycles. The molecule has 0 saturated heterocycles. The van der Waals surface area contributed by atoms with E-state index in [1.54, 1.807) is 51.3 Å². The van der Waals surface area contributed by atoms with Crippen LogP contribution >= 0.6 is 11.3 Å². The zero-order valence-corrected chi connectivity index (χ0v) is 20.5. The van der Waals surface area contributed by atoms with Crippen LogP contribution < -0.4 is 24.4 Å². The predicted molar refractivity (Wildman–Crippen MR) is 131 cm³/mol. The van der Waals surface area contributed by atoms with Crippen molar-refractivity contribution >= 4 is 29.4 Å². The van der Waals surface area contributed by atoms with Gasteiger partial charge in [-0.3, -0.25) is 14.2 Å². The van der Waals surface area contributed by atoms with Gasteiger partial charge in [0.25, 0.3) is 5.56 Å². The SMILES string of the molecule is CCOC(=O)C1=C(C)N=c2s/c(=C/c3ccccc3OC)c(=O)n2[C@H]1c1ccc(OC(C)=O)cc1. The molecular formula is C26H24N2O6S. The van der Waals surface area contributed by atoms with Gasteiger partial charge in [-0.25, -0.2) is 9.79 Å². The standard InChI is InChI=1S/C26H24N2O6S/c1-5-33-25(31)22-15(2)27-26-28(23(22)17-10-12-19(13-11-17)34-16(3)29)24(30)21(35-26)14-18-8-6-7-9-20(18)32-4/h6-14,23H,5H2,1-4H3/b21-14+/t23-/m0/s1. The summed E-state index contributed by atoms with van der Waals surface area (Å²) < 4.78 is 17.8. The Labute approximate surface area is 205 Å². The van der Waals surface area contributed by atoms with Crippen LogP contribution in [0.1, 0.15) is 37.9 Å². The Kier molecular flexibility index (Phi) is 6.97. The number of para-hydroxylation sites is 1. The normalized spacial score (nSPS) is 15.3. The maximum Gasteiger partial charge on any atom is 0.338 e. The van der Waals surface area contributed by atoms with Gasteiger partial charge in [-0.05, 0) is 43.7 Å². The molecule has 1 aliphatic heterocycles. The molecule has 4 rings (SSSR count). The largest absolute Gasteiger partial charge is 0.496 e. The number of hydrogen-bond acceptors (Lipinski definition) is 8. The van der Waals surface area contributed by atoms with E-state index in [9.17, 15) is 14.4 Å². The third-order valence-corrected chi connectivity index (χ3v) is 6.38. The average Bonchev–Trinajstić information content (AvgIpc) is 3.13. The molecule has 0 bridgehead atoms. The lowest BCUT2D eigenvalue weighted by Crippen LogP contribution is -2.39. The first-order chi connectivity index (χ1) is 16.8. The summed E-state index contributed by atoms with van der Waals surface area (Å²) in [6.45, 7) is 4.95. The summed E-state index contributed by atoms with van der Waals surface area (Å²) in [6, 6.07) is 13.3. The number of ether oxygens (including phenoxy) is 3. The van der Waals surface area contributed by atoms with E-state index < -0.39 is 18.0 Å². The maximum absolute atomic E-state index is 13.6. The second kappa shape index (κ2) is 10.1. The molecule has 0 radical (unpaired) electrons. The number of rotatable bonds is 6. The third-order valence-electron chi connectivity index (χ3n) is 5.40. The van der Waals surface area contributed by atoms with Crippen LogP contribution in [0, 0.1) is 0 Å². The first-order valence-electron chi connectivity index (χ1n) is 10.9. The van der Waals surface area contributed by atoms with Crippen molar-refractivity contribution in [2.45, 2.75) is 26.8 Å². The number of thiazole rings is 1. The number of esters is 2. The second-order valence-corrected chi connectivity index (χ2v) is 8.72. The molecule has 0 fully saturated rings. The molecule has 2 heterocycles. The van der Waals surface area contributed by atoms with E-state index in [-0.39, 0.29) is 17.7 Å². The van der Waals surface area contributed by atoms with Crippen LogP contribution in [0.15, 0.2) is 69.6 Å². The highest BCUT2D eigenvalue weighted by atomic mass is 32.1. The predicted octanol–water partition coefficient (Wildman–Crippen LogP) is 2.73. The molecule has 1 atom stereocenters. The summed E-state index contributed by atoms with van der Waals surface area (Å²) >= 11 is 1.23. The van der Waals surface area contributed by atoms with Gasteiger partial charge in [-0.1, -0.05) is 41.7 Å². The average molecular weight is 493 g/mol. The Bertz CT molecular complexity index is 1500. The van der Waals surface area contributed by atoms with Crippen LogP contribution in [-0.2, 0) is 14.3 Å². The minimum Gasteiger partial charge on any atom is -0.496 e. The first kappa shape index (κ1) is 24.2. The summed E-state index contributed by atoms with van der Waals surface area (Å²) in [5.41, 5.74) is 1.88. The Morgan fingerprint density at radius 3 is 2.51 bits per heavy atom. The zero-order chi connectivity index (χ0) is 25.1. The molecule has 9 heteroatoms. The highest BCUT2D eigenvalue weighted by Gasteiger charge is 2.33.